The number of rotatable bonds is 5. The van der Waals surface area contributed by atoms with Gasteiger partial charge in [0.25, 0.3) is 10.0 Å². The molecule has 0 saturated heterocycles. The van der Waals surface area contributed by atoms with Gasteiger partial charge >= 0.3 is 5.97 Å². The molecule has 134 valence electrons. The van der Waals surface area contributed by atoms with E-state index in [1.165, 1.54) is 18.2 Å². The highest BCUT2D eigenvalue weighted by molar-refractivity contribution is 9.10. The number of furan rings is 1. The standard InChI is InChI=1S/C18H14BrNO5S/c1-11-10-13(20-26(23,24)14-5-2-12(19)3-6-14)4-7-15(11)16-8-9-17(25-16)18(21)22/h2-10,20H,1H3,(H,21,22). The average Bonchev–Trinajstić information content (AvgIpc) is 3.05. The Hall–Kier alpha value is -2.58. The Bertz CT molecular complexity index is 1070. The van der Waals surface area contributed by atoms with E-state index in [0.717, 1.165) is 10.0 Å². The number of halogens is 1. The van der Waals surface area contributed by atoms with Gasteiger partial charge in [-0.2, -0.15) is 0 Å². The lowest BCUT2D eigenvalue weighted by molar-refractivity contribution is 0.0663. The average molecular weight is 436 g/mol. The van der Waals surface area contributed by atoms with E-state index in [0.29, 0.717) is 17.0 Å². The molecule has 3 rings (SSSR count). The van der Waals surface area contributed by atoms with Crippen molar-refractivity contribution in [1.29, 1.82) is 0 Å². The maximum atomic E-state index is 12.4. The second kappa shape index (κ2) is 6.97. The molecular formula is C18H14BrNO5S. The lowest BCUT2D eigenvalue weighted by Gasteiger charge is -2.10. The maximum absolute atomic E-state index is 12.4. The van der Waals surface area contributed by atoms with E-state index in [1.54, 1.807) is 43.3 Å². The Morgan fingerprint density at radius 3 is 2.35 bits per heavy atom. The van der Waals surface area contributed by atoms with Gasteiger partial charge in [-0.15, -0.1) is 0 Å². The molecule has 0 spiro atoms. The molecular weight excluding hydrogens is 422 g/mol. The number of hydrogen-bond donors (Lipinski definition) is 2. The van der Waals surface area contributed by atoms with Gasteiger partial charge in [0.05, 0.1) is 4.90 Å². The topological polar surface area (TPSA) is 96.6 Å². The molecule has 26 heavy (non-hydrogen) atoms. The first-order valence-corrected chi connectivity index (χ1v) is 9.76. The zero-order chi connectivity index (χ0) is 18.9. The van der Waals surface area contributed by atoms with E-state index in [2.05, 4.69) is 20.7 Å². The van der Waals surface area contributed by atoms with Crippen LogP contribution in [-0.4, -0.2) is 19.5 Å². The van der Waals surface area contributed by atoms with Crippen molar-refractivity contribution >= 4 is 37.6 Å². The Balaban J connectivity index is 1.87. The highest BCUT2D eigenvalue weighted by Crippen LogP contribution is 2.28. The van der Waals surface area contributed by atoms with Crippen LogP contribution in [0.5, 0.6) is 0 Å². The van der Waals surface area contributed by atoms with E-state index >= 15 is 0 Å². The van der Waals surface area contributed by atoms with Crippen LogP contribution in [0.25, 0.3) is 11.3 Å². The summed E-state index contributed by atoms with van der Waals surface area (Å²) in [5.74, 6) is -0.894. The third-order valence-electron chi connectivity index (χ3n) is 3.68. The molecule has 1 aromatic heterocycles. The molecule has 0 saturated carbocycles. The fourth-order valence-electron chi connectivity index (χ4n) is 2.43. The van der Waals surface area contributed by atoms with Gasteiger partial charge in [-0.05, 0) is 67.1 Å². The zero-order valence-corrected chi connectivity index (χ0v) is 16.0. The van der Waals surface area contributed by atoms with Crippen LogP contribution >= 0.6 is 15.9 Å². The quantitative estimate of drug-likeness (QED) is 0.613. The van der Waals surface area contributed by atoms with Gasteiger partial charge in [0, 0.05) is 15.7 Å². The Labute approximate surface area is 158 Å². The third-order valence-corrected chi connectivity index (χ3v) is 5.61. The fourth-order valence-corrected chi connectivity index (χ4v) is 3.74. The fraction of sp³-hybridized carbons (Fsp3) is 0.0556. The summed E-state index contributed by atoms with van der Waals surface area (Å²) in [5.41, 5.74) is 1.83. The number of carboxylic acids is 1. The molecule has 0 atom stereocenters. The van der Waals surface area contributed by atoms with Gasteiger partial charge in [0.15, 0.2) is 0 Å². The van der Waals surface area contributed by atoms with E-state index < -0.39 is 16.0 Å². The number of carbonyl (C=O) groups is 1. The molecule has 1 heterocycles. The monoisotopic (exact) mass is 435 g/mol. The molecule has 2 aromatic carbocycles. The number of nitrogens with one attached hydrogen (secondary N) is 1. The van der Waals surface area contributed by atoms with Crippen LogP contribution < -0.4 is 4.72 Å². The van der Waals surface area contributed by atoms with Crippen LogP contribution in [0.3, 0.4) is 0 Å². The zero-order valence-electron chi connectivity index (χ0n) is 13.6. The number of sulfonamides is 1. The minimum absolute atomic E-state index is 0.152. The van der Waals surface area contributed by atoms with Gasteiger partial charge in [0.2, 0.25) is 5.76 Å². The van der Waals surface area contributed by atoms with Crippen molar-refractivity contribution in [2.45, 2.75) is 11.8 Å². The highest BCUT2D eigenvalue weighted by Gasteiger charge is 2.16. The Morgan fingerprint density at radius 1 is 1.08 bits per heavy atom. The minimum atomic E-state index is -3.70. The van der Waals surface area contributed by atoms with E-state index in [4.69, 9.17) is 9.52 Å². The largest absolute Gasteiger partial charge is 0.475 e. The highest BCUT2D eigenvalue weighted by atomic mass is 79.9. The summed E-state index contributed by atoms with van der Waals surface area (Å²) in [6.07, 6.45) is 0. The number of hydrogen-bond acceptors (Lipinski definition) is 4. The Kier molecular flexibility index (Phi) is 4.88. The number of benzene rings is 2. The summed E-state index contributed by atoms with van der Waals surface area (Å²) in [4.78, 5) is 11.1. The van der Waals surface area contributed by atoms with Crippen LogP contribution in [0.1, 0.15) is 16.1 Å². The molecule has 0 amide bonds. The maximum Gasteiger partial charge on any atom is 0.371 e. The van der Waals surface area contributed by atoms with Gasteiger partial charge in [-0.25, -0.2) is 13.2 Å². The normalized spacial score (nSPS) is 11.3. The summed E-state index contributed by atoms with van der Waals surface area (Å²) in [6.45, 7) is 1.79. The van der Waals surface area contributed by atoms with Crippen molar-refractivity contribution < 1.29 is 22.7 Å². The second-order valence-electron chi connectivity index (χ2n) is 5.56. The molecule has 0 unspecified atom stereocenters. The van der Waals surface area contributed by atoms with E-state index in [9.17, 15) is 13.2 Å². The number of aryl methyl sites for hydroxylation is 1. The van der Waals surface area contributed by atoms with Crippen molar-refractivity contribution in [1.82, 2.24) is 0 Å². The molecule has 8 heteroatoms. The molecule has 3 aromatic rings. The molecule has 0 aliphatic rings. The first-order valence-electron chi connectivity index (χ1n) is 7.49. The summed E-state index contributed by atoms with van der Waals surface area (Å²) in [6, 6.07) is 14.2. The molecule has 0 fully saturated rings. The van der Waals surface area contributed by atoms with E-state index in [1.807, 2.05) is 0 Å². The summed E-state index contributed by atoms with van der Waals surface area (Å²) in [7, 11) is -3.70. The predicted octanol–water partition coefficient (Wildman–Crippen LogP) is 4.52. The van der Waals surface area contributed by atoms with E-state index in [-0.39, 0.29) is 10.7 Å². The molecule has 0 radical (unpaired) electrons. The van der Waals surface area contributed by atoms with Crippen LogP contribution in [0.15, 0.2) is 68.4 Å². The lowest BCUT2D eigenvalue weighted by atomic mass is 10.1. The van der Waals surface area contributed by atoms with Crippen LogP contribution in [0.4, 0.5) is 5.69 Å². The number of anilines is 1. The molecule has 2 N–H and O–H groups in total. The van der Waals surface area contributed by atoms with Crippen molar-refractivity contribution in [3.63, 3.8) is 0 Å². The molecule has 0 bridgehead atoms. The van der Waals surface area contributed by atoms with Gasteiger partial charge < -0.3 is 9.52 Å². The molecule has 6 nitrogen and oxygen atoms in total. The molecule has 0 aliphatic heterocycles. The minimum Gasteiger partial charge on any atom is -0.475 e. The lowest BCUT2D eigenvalue weighted by Crippen LogP contribution is -2.12. The van der Waals surface area contributed by atoms with Crippen molar-refractivity contribution in [3.8, 4) is 11.3 Å². The second-order valence-corrected chi connectivity index (χ2v) is 8.16. The summed E-state index contributed by atoms with van der Waals surface area (Å²) < 4.78 is 33.5. The van der Waals surface area contributed by atoms with Gasteiger partial charge in [-0.1, -0.05) is 15.9 Å². The summed E-state index contributed by atoms with van der Waals surface area (Å²) >= 11 is 3.27. The number of aromatic carboxylic acids is 1. The predicted molar refractivity (Wildman–Crippen MR) is 101 cm³/mol. The van der Waals surface area contributed by atoms with Gasteiger partial charge in [-0.3, -0.25) is 4.72 Å². The first kappa shape index (κ1) is 18.2. The van der Waals surface area contributed by atoms with Crippen molar-refractivity contribution in [2.75, 3.05) is 4.72 Å². The molecule has 0 aliphatic carbocycles. The van der Waals surface area contributed by atoms with Crippen LogP contribution in [-0.2, 0) is 10.0 Å². The van der Waals surface area contributed by atoms with Crippen LogP contribution in [0, 0.1) is 6.92 Å². The van der Waals surface area contributed by atoms with Crippen molar-refractivity contribution in [2.24, 2.45) is 0 Å². The summed E-state index contributed by atoms with van der Waals surface area (Å²) in [5, 5.41) is 8.94. The SMILES string of the molecule is Cc1cc(NS(=O)(=O)c2ccc(Br)cc2)ccc1-c1ccc(C(=O)O)o1. The number of carboxylic acid groups (broad SMARTS) is 1. The smallest absolute Gasteiger partial charge is 0.371 e. The van der Waals surface area contributed by atoms with Crippen molar-refractivity contribution in [3.05, 3.63) is 70.4 Å². The van der Waals surface area contributed by atoms with Gasteiger partial charge in [0.1, 0.15) is 5.76 Å². The first-order chi connectivity index (χ1) is 12.3. The van der Waals surface area contributed by atoms with Crippen LogP contribution in [0.2, 0.25) is 0 Å². The third kappa shape index (κ3) is 3.81. The Morgan fingerprint density at radius 2 is 1.77 bits per heavy atom.